The number of rotatable bonds is 5. The number of aromatic amines is 2. The average molecular weight is 423 g/mol. The molecule has 0 bridgehead atoms. The van der Waals surface area contributed by atoms with Crippen LogP contribution in [0.15, 0.2) is 42.5 Å². The van der Waals surface area contributed by atoms with Gasteiger partial charge in [0.15, 0.2) is 5.75 Å². The van der Waals surface area contributed by atoms with Crippen LogP contribution in [-0.4, -0.2) is 70.0 Å². The Morgan fingerprint density at radius 2 is 1.41 bits per heavy atom. The molecule has 0 radical (unpaired) electrons. The van der Waals surface area contributed by atoms with Gasteiger partial charge in [0.2, 0.25) is 0 Å². The number of H-pyrrole nitrogens is 2. The Bertz CT molecular complexity index is 1360. The van der Waals surface area contributed by atoms with Crippen molar-refractivity contribution in [3.8, 4) is 5.75 Å². The minimum absolute atomic E-state index is 0.689. The highest BCUT2D eigenvalue weighted by atomic mass is 16.5. The summed E-state index contributed by atoms with van der Waals surface area (Å²) in [4.78, 5) is 9.74. The molecule has 1 saturated heterocycles. The summed E-state index contributed by atoms with van der Waals surface area (Å²) in [5.41, 5.74) is 6.98. The fourth-order valence-corrected chi connectivity index (χ4v) is 5.01. The Morgan fingerprint density at radius 3 is 2.00 bits per heavy atom. The van der Waals surface area contributed by atoms with E-state index in [9.17, 15) is 0 Å². The zero-order valence-electron chi connectivity index (χ0n) is 18.8. The maximum absolute atomic E-state index is 6.52. The topological polar surface area (TPSA) is 53.3 Å². The molecule has 1 aliphatic heterocycles. The third kappa shape index (κ3) is 3.36. The molecule has 0 aliphatic carbocycles. The fourth-order valence-electron chi connectivity index (χ4n) is 5.01. The first-order valence-electron chi connectivity index (χ1n) is 11.6. The number of fused-ring (bicyclic) bond motifs is 6. The van der Waals surface area contributed by atoms with Crippen LogP contribution in [0.5, 0.6) is 5.75 Å². The molecule has 2 N–H and O–H groups in total. The lowest BCUT2D eigenvalue weighted by Gasteiger charge is -2.26. The quantitative estimate of drug-likeness (QED) is 0.334. The first kappa shape index (κ1) is 19.8. The number of nitrogens with one attached hydrogen (secondary N) is 2. The Balaban J connectivity index is 1.45. The molecule has 3 aromatic carbocycles. The number of hydrogen-bond donors (Lipinski definition) is 2. The number of benzene rings is 3. The van der Waals surface area contributed by atoms with Crippen molar-refractivity contribution >= 4 is 70.2 Å². The summed E-state index contributed by atoms with van der Waals surface area (Å²) in [7, 11) is 4.30. The molecule has 0 unspecified atom stereocenters. The van der Waals surface area contributed by atoms with Gasteiger partial charge in [0.1, 0.15) is 15.7 Å². The van der Waals surface area contributed by atoms with Crippen molar-refractivity contribution in [3.05, 3.63) is 42.5 Å². The summed E-state index contributed by atoms with van der Waals surface area (Å²) in [5, 5.41) is 4.95. The summed E-state index contributed by atoms with van der Waals surface area (Å²) < 4.78 is 12.0. The summed E-state index contributed by atoms with van der Waals surface area (Å²) in [6, 6.07) is 15.5. The van der Waals surface area contributed by atoms with Gasteiger partial charge < -0.3 is 19.4 Å². The molecule has 32 heavy (non-hydrogen) atoms. The second kappa shape index (κ2) is 7.91. The molecule has 6 rings (SSSR count). The van der Waals surface area contributed by atoms with E-state index in [1.807, 2.05) is 0 Å². The molecule has 1 fully saturated rings. The second-order valence-corrected chi connectivity index (χ2v) is 9.05. The van der Waals surface area contributed by atoms with E-state index in [0.717, 1.165) is 67.1 Å². The highest BCUT2D eigenvalue weighted by Gasteiger charge is 2.18. The van der Waals surface area contributed by atoms with Crippen molar-refractivity contribution in [2.75, 3.05) is 39.5 Å². The molecule has 1 aliphatic rings. The molecule has 7 heteroatoms. The van der Waals surface area contributed by atoms with Gasteiger partial charge >= 0.3 is 0 Å². The van der Waals surface area contributed by atoms with E-state index in [2.05, 4.69) is 73.0 Å². The molecule has 3 heterocycles. The van der Waals surface area contributed by atoms with Gasteiger partial charge in [-0.15, -0.1) is 0 Å². The van der Waals surface area contributed by atoms with Gasteiger partial charge in [-0.2, -0.15) is 0 Å². The van der Waals surface area contributed by atoms with Crippen LogP contribution in [-0.2, 0) is 4.74 Å². The lowest BCUT2D eigenvalue weighted by atomic mass is 9.93. The van der Waals surface area contributed by atoms with Crippen LogP contribution in [0.25, 0.3) is 43.6 Å². The summed E-state index contributed by atoms with van der Waals surface area (Å²) in [6.45, 7) is 5.44. The van der Waals surface area contributed by atoms with Crippen molar-refractivity contribution in [2.24, 2.45) is 0 Å². The van der Waals surface area contributed by atoms with Gasteiger partial charge in [-0.05, 0) is 24.6 Å². The predicted octanol–water partition coefficient (Wildman–Crippen LogP) is 1.57. The van der Waals surface area contributed by atoms with E-state index in [1.165, 1.54) is 32.5 Å². The third-order valence-electron chi connectivity index (χ3n) is 6.70. The zero-order valence-corrected chi connectivity index (χ0v) is 18.8. The van der Waals surface area contributed by atoms with E-state index in [1.54, 1.807) is 0 Å². The van der Waals surface area contributed by atoms with Crippen molar-refractivity contribution in [1.82, 2.24) is 14.9 Å². The van der Waals surface area contributed by atoms with Gasteiger partial charge in [0.25, 0.3) is 0 Å². The molecular formula is C25H27B2N3O2. The van der Waals surface area contributed by atoms with Crippen LogP contribution in [0, 0.1) is 0 Å². The monoisotopic (exact) mass is 423 g/mol. The van der Waals surface area contributed by atoms with Crippen molar-refractivity contribution in [1.29, 1.82) is 0 Å². The van der Waals surface area contributed by atoms with Gasteiger partial charge in [-0.25, -0.2) is 0 Å². The van der Waals surface area contributed by atoms with Crippen LogP contribution in [0.4, 0.5) is 0 Å². The lowest BCUT2D eigenvalue weighted by molar-refractivity contribution is 0.0358. The summed E-state index contributed by atoms with van der Waals surface area (Å²) in [5.74, 6) is 0.933. The largest absolute Gasteiger partial charge is 0.489 e. The van der Waals surface area contributed by atoms with Crippen LogP contribution in [0.2, 0.25) is 0 Å². The van der Waals surface area contributed by atoms with E-state index >= 15 is 0 Å². The number of morpholine rings is 1. The standard InChI is InChI=1S/C25H27B2N3O2/c26-15-2-4-21-17(12-15)19-14-20-18-13-16(27)3-5-22(18)29-24(20)25(23(19)28-21)32-9-1-6-30-7-10-31-11-8-30/h2-5,12-14,28-29H,1,6-11,26-27H2. The first-order valence-corrected chi connectivity index (χ1v) is 11.6. The van der Waals surface area contributed by atoms with Crippen LogP contribution in [0.3, 0.4) is 0 Å². The van der Waals surface area contributed by atoms with E-state index in [0.29, 0.717) is 6.61 Å². The molecular weight excluding hydrogens is 396 g/mol. The third-order valence-corrected chi connectivity index (χ3v) is 6.70. The van der Waals surface area contributed by atoms with Crippen molar-refractivity contribution in [2.45, 2.75) is 6.42 Å². The van der Waals surface area contributed by atoms with E-state index < -0.39 is 0 Å². The molecule has 5 aromatic rings. The Kier molecular flexibility index (Phi) is 4.89. The number of nitrogens with zero attached hydrogens (tertiary/aromatic N) is 1. The fraction of sp³-hybridized carbons (Fsp3) is 0.280. The van der Waals surface area contributed by atoms with E-state index in [-0.39, 0.29) is 0 Å². The Labute approximate surface area is 188 Å². The maximum Gasteiger partial charge on any atom is 0.167 e. The van der Waals surface area contributed by atoms with Crippen LogP contribution >= 0.6 is 0 Å². The number of aromatic nitrogens is 2. The van der Waals surface area contributed by atoms with E-state index in [4.69, 9.17) is 9.47 Å². The first-order chi connectivity index (χ1) is 15.7. The van der Waals surface area contributed by atoms with Crippen LogP contribution < -0.4 is 15.7 Å². The van der Waals surface area contributed by atoms with Crippen molar-refractivity contribution in [3.63, 3.8) is 0 Å². The Morgan fingerprint density at radius 1 is 0.812 bits per heavy atom. The minimum Gasteiger partial charge on any atom is -0.489 e. The highest BCUT2D eigenvalue weighted by Crippen LogP contribution is 2.40. The number of hydrogen-bond acceptors (Lipinski definition) is 3. The summed E-state index contributed by atoms with van der Waals surface area (Å²) in [6.07, 6.45) is 0.997. The highest BCUT2D eigenvalue weighted by molar-refractivity contribution is 6.35. The number of ether oxygens (including phenoxy) is 2. The maximum atomic E-state index is 6.52. The van der Waals surface area contributed by atoms with Crippen LogP contribution in [0.1, 0.15) is 6.42 Å². The minimum atomic E-state index is 0.689. The molecule has 5 nitrogen and oxygen atoms in total. The second-order valence-electron chi connectivity index (χ2n) is 9.05. The molecule has 0 saturated carbocycles. The van der Waals surface area contributed by atoms with Gasteiger partial charge in [0, 0.05) is 52.2 Å². The normalized spacial score (nSPS) is 15.4. The SMILES string of the molecule is Bc1ccc2[nH]c3c(OCCCN4CCOCC4)c4[nH]c5ccc(B)cc5c4cc3c2c1. The lowest BCUT2D eigenvalue weighted by Crippen LogP contribution is -2.37. The average Bonchev–Trinajstić information content (AvgIpc) is 3.34. The van der Waals surface area contributed by atoms with Crippen molar-refractivity contribution < 1.29 is 9.47 Å². The molecule has 0 spiro atoms. The van der Waals surface area contributed by atoms with Gasteiger partial charge in [-0.1, -0.05) is 35.2 Å². The molecule has 160 valence electrons. The predicted molar refractivity (Wildman–Crippen MR) is 139 cm³/mol. The Hall–Kier alpha value is -2.89. The zero-order chi connectivity index (χ0) is 21.7. The summed E-state index contributed by atoms with van der Waals surface area (Å²) >= 11 is 0. The molecule has 0 atom stereocenters. The van der Waals surface area contributed by atoms with Gasteiger partial charge in [-0.3, -0.25) is 4.90 Å². The van der Waals surface area contributed by atoms with Gasteiger partial charge in [0.05, 0.1) is 30.9 Å². The molecule has 2 aromatic heterocycles. The molecule has 0 amide bonds. The smallest absolute Gasteiger partial charge is 0.167 e.